The molecule has 0 amide bonds. The van der Waals surface area contributed by atoms with Crippen LogP contribution in [0, 0.1) is 5.41 Å². The Balaban J connectivity index is 4.07. The average Bonchev–Trinajstić information content (AvgIpc) is 2.10. The third-order valence-corrected chi connectivity index (χ3v) is 2.35. The van der Waals surface area contributed by atoms with Crippen LogP contribution in [-0.4, -0.2) is 25.4 Å². The first kappa shape index (κ1) is 13.6. The second-order valence-corrected chi connectivity index (χ2v) is 4.74. The van der Waals surface area contributed by atoms with E-state index < -0.39 is 0 Å². The Morgan fingerprint density at radius 2 is 1.93 bits per heavy atom. The van der Waals surface area contributed by atoms with Gasteiger partial charge in [-0.1, -0.05) is 27.2 Å². The summed E-state index contributed by atoms with van der Waals surface area (Å²) in [5.74, 6) is 0.289. The molecule has 0 aromatic carbocycles. The van der Waals surface area contributed by atoms with Crippen LogP contribution in [0.1, 0.15) is 40.0 Å². The molecule has 0 aromatic heterocycles. The van der Waals surface area contributed by atoms with E-state index in [0.29, 0.717) is 6.54 Å². The second kappa shape index (κ2) is 6.14. The van der Waals surface area contributed by atoms with Crippen LogP contribution in [0.25, 0.3) is 0 Å². The van der Waals surface area contributed by atoms with Crippen molar-refractivity contribution >= 4 is 5.78 Å². The number of nitrogens with two attached hydrogens (primary N) is 1. The van der Waals surface area contributed by atoms with Gasteiger partial charge in [-0.05, 0) is 26.4 Å². The van der Waals surface area contributed by atoms with Crippen LogP contribution >= 0.6 is 0 Å². The molecule has 0 radical (unpaired) electrons. The molecule has 0 fully saturated rings. The van der Waals surface area contributed by atoms with E-state index >= 15 is 0 Å². The minimum absolute atomic E-state index is 0.0125. The molecule has 3 N–H and O–H groups in total. The van der Waals surface area contributed by atoms with Crippen molar-refractivity contribution in [3.8, 4) is 0 Å². The van der Waals surface area contributed by atoms with Crippen molar-refractivity contribution in [2.45, 2.75) is 46.1 Å². The molecule has 0 aromatic rings. The normalized spacial score (nSPS) is 14.1. The van der Waals surface area contributed by atoms with Gasteiger partial charge < -0.3 is 11.1 Å². The predicted molar refractivity (Wildman–Crippen MR) is 60.2 cm³/mol. The summed E-state index contributed by atoms with van der Waals surface area (Å²) in [5, 5.41) is 3.08. The number of likely N-dealkylation sites (N-methyl/N-ethyl adjacent to an activating group) is 1. The first-order valence-corrected chi connectivity index (χ1v) is 5.35. The maximum Gasteiger partial charge on any atom is 0.155 e. The molecule has 0 aliphatic carbocycles. The van der Waals surface area contributed by atoms with E-state index in [1.165, 1.54) is 0 Å². The smallest absolute Gasteiger partial charge is 0.155 e. The van der Waals surface area contributed by atoms with E-state index in [0.717, 1.165) is 19.3 Å². The summed E-state index contributed by atoms with van der Waals surface area (Å²) in [7, 11) is 1.84. The van der Waals surface area contributed by atoms with Gasteiger partial charge in [0.05, 0.1) is 6.04 Å². The molecule has 0 aliphatic heterocycles. The molecule has 1 atom stereocenters. The molecule has 0 heterocycles. The predicted octanol–water partition coefficient (Wildman–Crippen LogP) is 1.32. The highest BCUT2D eigenvalue weighted by Gasteiger charge is 2.27. The Morgan fingerprint density at radius 3 is 2.29 bits per heavy atom. The van der Waals surface area contributed by atoms with Gasteiger partial charge in [-0.3, -0.25) is 4.79 Å². The van der Waals surface area contributed by atoms with Crippen LogP contribution in [0.5, 0.6) is 0 Å². The van der Waals surface area contributed by atoms with Gasteiger partial charge in [0.1, 0.15) is 0 Å². The van der Waals surface area contributed by atoms with Crippen LogP contribution in [-0.2, 0) is 4.79 Å². The number of carbonyl (C=O) groups is 1. The standard InChI is InChI=1S/C11H24N2O/c1-11(2,3)10(14)9(13-4)7-5-6-8-12/h9,13H,5-8,12H2,1-4H3/t9-/m1/s1. The molecular weight excluding hydrogens is 176 g/mol. The van der Waals surface area contributed by atoms with E-state index in [4.69, 9.17) is 5.73 Å². The molecule has 0 bridgehead atoms. The molecule has 84 valence electrons. The minimum atomic E-state index is -0.254. The Bertz CT molecular complexity index is 173. The van der Waals surface area contributed by atoms with E-state index in [9.17, 15) is 4.79 Å². The maximum absolute atomic E-state index is 11.9. The fraction of sp³-hybridized carbons (Fsp3) is 0.909. The molecule has 3 heteroatoms. The lowest BCUT2D eigenvalue weighted by molar-refractivity contribution is -0.128. The zero-order valence-corrected chi connectivity index (χ0v) is 9.89. The summed E-state index contributed by atoms with van der Waals surface area (Å²) in [6.45, 7) is 6.59. The molecule has 0 spiro atoms. The van der Waals surface area contributed by atoms with Gasteiger partial charge in [-0.15, -0.1) is 0 Å². The topological polar surface area (TPSA) is 55.1 Å². The highest BCUT2D eigenvalue weighted by atomic mass is 16.1. The molecule has 3 nitrogen and oxygen atoms in total. The zero-order chi connectivity index (χ0) is 11.2. The SMILES string of the molecule is CN[C@H](CCCCN)C(=O)C(C)(C)C. The van der Waals surface area contributed by atoms with Crippen molar-refractivity contribution in [1.29, 1.82) is 0 Å². The minimum Gasteiger partial charge on any atom is -0.330 e. The molecule has 0 unspecified atom stereocenters. The number of hydrogen-bond acceptors (Lipinski definition) is 3. The molecule has 0 rings (SSSR count). The van der Waals surface area contributed by atoms with E-state index in [1.54, 1.807) is 0 Å². The van der Waals surface area contributed by atoms with Crippen LogP contribution in [0.4, 0.5) is 0 Å². The maximum atomic E-state index is 11.9. The largest absolute Gasteiger partial charge is 0.330 e. The van der Waals surface area contributed by atoms with E-state index in [-0.39, 0.29) is 17.2 Å². The van der Waals surface area contributed by atoms with Crippen LogP contribution < -0.4 is 11.1 Å². The first-order valence-electron chi connectivity index (χ1n) is 5.35. The van der Waals surface area contributed by atoms with Gasteiger partial charge in [-0.25, -0.2) is 0 Å². The zero-order valence-electron chi connectivity index (χ0n) is 9.89. The number of carbonyl (C=O) groups excluding carboxylic acids is 1. The highest BCUT2D eigenvalue weighted by molar-refractivity contribution is 5.88. The van der Waals surface area contributed by atoms with Gasteiger partial charge >= 0.3 is 0 Å². The van der Waals surface area contributed by atoms with Crippen LogP contribution in [0.3, 0.4) is 0 Å². The van der Waals surface area contributed by atoms with Crippen LogP contribution in [0.2, 0.25) is 0 Å². The van der Waals surface area contributed by atoms with E-state index in [1.807, 2.05) is 27.8 Å². The summed E-state index contributed by atoms with van der Waals surface area (Å²) in [5.41, 5.74) is 5.16. The van der Waals surface area contributed by atoms with Crippen molar-refractivity contribution in [3.63, 3.8) is 0 Å². The lowest BCUT2D eigenvalue weighted by Gasteiger charge is -2.24. The number of unbranched alkanes of at least 4 members (excludes halogenated alkanes) is 1. The third-order valence-electron chi connectivity index (χ3n) is 2.35. The summed E-state index contributed by atoms with van der Waals surface area (Å²) < 4.78 is 0. The Kier molecular flexibility index (Phi) is 5.96. The van der Waals surface area contributed by atoms with Crippen molar-refractivity contribution in [3.05, 3.63) is 0 Å². The Morgan fingerprint density at radius 1 is 1.36 bits per heavy atom. The van der Waals surface area contributed by atoms with Gasteiger partial charge in [0.2, 0.25) is 0 Å². The molecular formula is C11H24N2O. The molecule has 0 aliphatic rings. The fourth-order valence-corrected chi connectivity index (χ4v) is 1.42. The van der Waals surface area contributed by atoms with Crippen molar-refractivity contribution in [2.75, 3.05) is 13.6 Å². The Hall–Kier alpha value is -0.410. The number of hydrogen-bond donors (Lipinski definition) is 2. The monoisotopic (exact) mass is 200 g/mol. The van der Waals surface area contributed by atoms with Crippen LogP contribution in [0.15, 0.2) is 0 Å². The lowest BCUT2D eigenvalue weighted by atomic mass is 9.85. The first-order chi connectivity index (χ1) is 6.43. The summed E-state index contributed by atoms with van der Waals surface area (Å²) >= 11 is 0. The number of Topliss-reactive ketones (excluding diaryl/α,β-unsaturated/α-hetero) is 1. The van der Waals surface area contributed by atoms with Gasteiger partial charge in [0.15, 0.2) is 5.78 Å². The number of ketones is 1. The van der Waals surface area contributed by atoms with Crippen molar-refractivity contribution < 1.29 is 4.79 Å². The molecule has 0 saturated heterocycles. The van der Waals surface area contributed by atoms with Gasteiger partial charge in [-0.2, -0.15) is 0 Å². The van der Waals surface area contributed by atoms with Crippen molar-refractivity contribution in [1.82, 2.24) is 5.32 Å². The summed E-state index contributed by atoms with van der Waals surface area (Å²) in [6, 6.07) is -0.0125. The summed E-state index contributed by atoms with van der Waals surface area (Å²) in [4.78, 5) is 11.9. The number of nitrogens with one attached hydrogen (secondary N) is 1. The van der Waals surface area contributed by atoms with Gasteiger partial charge in [0, 0.05) is 5.41 Å². The lowest BCUT2D eigenvalue weighted by Crippen LogP contribution is -2.41. The molecule has 14 heavy (non-hydrogen) atoms. The quantitative estimate of drug-likeness (QED) is 0.636. The second-order valence-electron chi connectivity index (χ2n) is 4.74. The number of rotatable bonds is 6. The highest BCUT2D eigenvalue weighted by Crippen LogP contribution is 2.18. The fourth-order valence-electron chi connectivity index (χ4n) is 1.42. The average molecular weight is 200 g/mol. The molecule has 0 saturated carbocycles. The Labute approximate surface area is 87.4 Å². The van der Waals surface area contributed by atoms with Gasteiger partial charge in [0.25, 0.3) is 0 Å². The van der Waals surface area contributed by atoms with Crippen molar-refractivity contribution in [2.24, 2.45) is 11.1 Å². The van der Waals surface area contributed by atoms with E-state index in [2.05, 4.69) is 5.32 Å². The summed E-state index contributed by atoms with van der Waals surface area (Å²) in [6.07, 6.45) is 2.91. The third kappa shape index (κ3) is 4.72.